The Bertz CT molecular complexity index is 239. The Kier molecular flexibility index (Phi) is 9.69. The summed E-state index contributed by atoms with van der Waals surface area (Å²) in [5.41, 5.74) is 2.75. The molecule has 0 aliphatic rings. The molecular formula is C14H22Cr. The van der Waals surface area contributed by atoms with Crippen molar-refractivity contribution >= 4 is 0 Å². The van der Waals surface area contributed by atoms with Crippen molar-refractivity contribution in [3.05, 3.63) is 45.3 Å². The second-order valence-corrected chi connectivity index (χ2v) is 4.64. The molecule has 0 atom stereocenters. The van der Waals surface area contributed by atoms with Gasteiger partial charge in [-0.1, -0.05) is 0 Å². The van der Waals surface area contributed by atoms with Crippen molar-refractivity contribution in [2.24, 2.45) is 0 Å². The second kappa shape index (κ2) is 10.0. The van der Waals surface area contributed by atoms with E-state index in [1.807, 2.05) is 0 Å². The van der Waals surface area contributed by atoms with Crippen LogP contribution in [0.25, 0.3) is 0 Å². The molecule has 0 unspecified atom stereocenters. The molecule has 1 heteroatoms. The summed E-state index contributed by atoms with van der Waals surface area (Å²) in [5.74, 6) is 0. The molecule has 0 saturated carbocycles. The minimum atomic E-state index is 0.490. The van der Waals surface area contributed by atoms with Crippen molar-refractivity contribution in [3.63, 3.8) is 0 Å². The summed E-state index contributed by atoms with van der Waals surface area (Å²) < 4.78 is 0. The zero-order valence-corrected chi connectivity index (χ0v) is 11.6. The van der Waals surface area contributed by atoms with Gasteiger partial charge in [0.15, 0.2) is 0 Å². The van der Waals surface area contributed by atoms with Gasteiger partial charge in [0, 0.05) is 0 Å². The molecule has 0 rings (SSSR count). The zero-order chi connectivity index (χ0) is 11.5. The van der Waals surface area contributed by atoms with Gasteiger partial charge in [0.2, 0.25) is 0 Å². The first-order valence-corrected chi connectivity index (χ1v) is 7.00. The van der Waals surface area contributed by atoms with Gasteiger partial charge in [-0.25, -0.2) is 0 Å². The molecule has 0 N–H and O–H groups in total. The van der Waals surface area contributed by atoms with Crippen LogP contribution in [0, 0.1) is 0 Å². The van der Waals surface area contributed by atoms with E-state index in [1.165, 1.54) is 11.1 Å². The van der Waals surface area contributed by atoms with Crippen LogP contribution < -0.4 is 0 Å². The van der Waals surface area contributed by atoms with Crippen LogP contribution in [-0.2, 0) is 15.2 Å². The predicted molar refractivity (Wildman–Crippen MR) is 66.4 cm³/mol. The summed E-state index contributed by atoms with van der Waals surface area (Å²) in [5, 5.41) is 0. The summed E-state index contributed by atoms with van der Waals surface area (Å²) >= 11 is 0.490. The first-order chi connectivity index (χ1) is 7.20. The van der Waals surface area contributed by atoms with Crippen LogP contribution >= 0.6 is 0 Å². The summed E-state index contributed by atoms with van der Waals surface area (Å²) in [6, 6.07) is 0. The van der Waals surface area contributed by atoms with E-state index in [0.717, 1.165) is 12.8 Å². The van der Waals surface area contributed by atoms with E-state index in [0.29, 0.717) is 15.2 Å². The number of hydrogen-bond acceptors (Lipinski definition) is 0. The summed E-state index contributed by atoms with van der Waals surface area (Å²) in [6.45, 7) is 8.65. The van der Waals surface area contributed by atoms with E-state index in [-0.39, 0.29) is 0 Å². The SMILES string of the molecule is CCC=CC(C)=[CH][Cr][CH]=C(C)C=CCC. The van der Waals surface area contributed by atoms with Crippen LogP contribution in [0.5, 0.6) is 0 Å². The molecule has 0 saturated heterocycles. The maximum atomic E-state index is 2.32. The van der Waals surface area contributed by atoms with Gasteiger partial charge in [-0.15, -0.1) is 0 Å². The van der Waals surface area contributed by atoms with E-state index in [4.69, 9.17) is 0 Å². The fourth-order valence-corrected chi connectivity index (χ4v) is 1.96. The average Bonchev–Trinajstić information content (AvgIpc) is 2.23. The molecule has 0 aromatic heterocycles. The van der Waals surface area contributed by atoms with E-state index in [2.05, 4.69) is 61.9 Å². The standard InChI is InChI=1S/2C7H11.Cr/c2*1-4-5-6-7(2)3;/h2*2,5-6H,4H2,1,3H3;. The molecule has 0 aromatic rings. The predicted octanol–water partition coefficient (Wildman–Crippen LogP) is 4.81. The minimum absolute atomic E-state index is 0.490. The summed E-state index contributed by atoms with van der Waals surface area (Å²) in [6.07, 6.45) is 11.0. The normalized spacial score (nSPS) is 14.4. The Morgan fingerprint density at radius 1 is 0.867 bits per heavy atom. The maximum absolute atomic E-state index is 2.32. The zero-order valence-electron chi connectivity index (χ0n) is 10.3. The van der Waals surface area contributed by atoms with Crippen LogP contribution in [0.2, 0.25) is 0 Å². The van der Waals surface area contributed by atoms with Crippen LogP contribution in [0.15, 0.2) is 45.3 Å². The van der Waals surface area contributed by atoms with Crippen LogP contribution in [0.1, 0.15) is 40.5 Å². The molecule has 15 heavy (non-hydrogen) atoms. The van der Waals surface area contributed by atoms with Gasteiger partial charge >= 0.3 is 101 Å². The van der Waals surface area contributed by atoms with Crippen LogP contribution in [0.4, 0.5) is 0 Å². The summed E-state index contributed by atoms with van der Waals surface area (Å²) in [4.78, 5) is 4.64. The van der Waals surface area contributed by atoms with Gasteiger partial charge in [0.1, 0.15) is 0 Å². The molecule has 0 spiro atoms. The van der Waals surface area contributed by atoms with E-state index in [1.54, 1.807) is 0 Å². The van der Waals surface area contributed by atoms with Crippen molar-refractivity contribution in [2.45, 2.75) is 40.5 Å². The first kappa shape index (κ1) is 14.5. The molecule has 0 fully saturated rings. The van der Waals surface area contributed by atoms with Gasteiger partial charge in [0.25, 0.3) is 0 Å². The van der Waals surface area contributed by atoms with Gasteiger partial charge in [-0.05, 0) is 0 Å². The third kappa shape index (κ3) is 9.79. The quantitative estimate of drug-likeness (QED) is 0.586. The Morgan fingerprint density at radius 3 is 1.60 bits per heavy atom. The molecule has 0 bridgehead atoms. The molecule has 0 nitrogen and oxygen atoms in total. The van der Waals surface area contributed by atoms with Crippen LogP contribution in [-0.4, -0.2) is 0 Å². The van der Waals surface area contributed by atoms with Crippen molar-refractivity contribution in [1.82, 2.24) is 0 Å². The number of allylic oxidation sites excluding steroid dienone is 6. The molecule has 84 valence electrons. The average molecular weight is 242 g/mol. The number of hydrogen-bond donors (Lipinski definition) is 0. The molecule has 0 aliphatic carbocycles. The third-order valence-electron chi connectivity index (χ3n) is 1.74. The van der Waals surface area contributed by atoms with Gasteiger partial charge in [-0.3, -0.25) is 0 Å². The van der Waals surface area contributed by atoms with Gasteiger partial charge in [0.05, 0.1) is 0 Å². The molecular weight excluding hydrogens is 220 g/mol. The van der Waals surface area contributed by atoms with Crippen molar-refractivity contribution in [3.8, 4) is 0 Å². The fraction of sp³-hybridized carbons (Fsp3) is 0.429. The third-order valence-corrected chi connectivity index (χ3v) is 3.33. The molecule has 0 amide bonds. The van der Waals surface area contributed by atoms with E-state index < -0.39 is 0 Å². The molecule has 0 aliphatic heterocycles. The Morgan fingerprint density at radius 2 is 1.27 bits per heavy atom. The van der Waals surface area contributed by atoms with Crippen molar-refractivity contribution < 1.29 is 15.2 Å². The van der Waals surface area contributed by atoms with Gasteiger partial charge < -0.3 is 0 Å². The Balaban J connectivity index is 4.04. The Labute approximate surface area is 101 Å². The number of rotatable bonds is 6. The van der Waals surface area contributed by atoms with Crippen molar-refractivity contribution in [1.29, 1.82) is 0 Å². The molecule has 0 aromatic carbocycles. The second-order valence-electron chi connectivity index (χ2n) is 3.48. The van der Waals surface area contributed by atoms with E-state index >= 15 is 0 Å². The van der Waals surface area contributed by atoms with Gasteiger partial charge in [-0.2, -0.15) is 0 Å². The monoisotopic (exact) mass is 242 g/mol. The van der Waals surface area contributed by atoms with Crippen LogP contribution in [0.3, 0.4) is 0 Å². The fourth-order valence-electron chi connectivity index (χ4n) is 0.935. The summed E-state index contributed by atoms with van der Waals surface area (Å²) in [7, 11) is 0. The topological polar surface area (TPSA) is 0 Å². The van der Waals surface area contributed by atoms with Crippen molar-refractivity contribution in [2.75, 3.05) is 0 Å². The Hall–Kier alpha value is -0.508. The molecule has 0 radical (unpaired) electrons. The van der Waals surface area contributed by atoms with E-state index in [9.17, 15) is 0 Å². The first-order valence-electron chi connectivity index (χ1n) is 5.52. The molecule has 0 heterocycles.